The van der Waals surface area contributed by atoms with Crippen LogP contribution in [0.25, 0.3) is 55.6 Å². The molecule has 49 heavy (non-hydrogen) atoms. The molecule has 6 heteroatoms. The van der Waals surface area contributed by atoms with Crippen molar-refractivity contribution in [2.75, 3.05) is 0 Å². The molecule has 3 aromatic heterocycles. The second kappa shape index (κ2) is 15.1. The van der Waals surface area contributed by atoms with Crippen LogP contribution in [0, 0.1) is 23.9 Å². The molecule has 0 spiro atoms. The third-order valence-electron chi connectivity index (χ3n) is 9.26. The van der Waals surface area contributed by atoms with Crippen LogP contribution in [-0.4, -0.2) is 18.0 Å². The fourth-order valence-corrected chi connectivity index (χ4v) is 8.26. The van der Waals surface area contributed by atoms with Gasteiger partial charge in [0.15, 0.2) is 0 Å². The van der Waals surface area contributed by atoms with Gasteiger partial charge in [-0.25, -0.2) is 4.39 Å². The summed E-state index contributed by atoms with van der Waals surface area (Å²) in [6.07, 6.45) is 10.4. The van der Waals surface area contributed by atoms with Gasteiger partial charge in [0.05, 0.1) is 13.7 Å². The van der Waals surface area contributed by atoms with Crippen LogP contribution in [0.4, 0.5) is 4.39 Å². The number of halogens is 1. The van der Waals surface area contributed by atoms with E-state index in [-0.39, 0.29) is 25.9 Å². The maximum atomic E-state index is 14.3. The van der Waals surface area contributed by atoms with E-state index in [1.165, 1.54) is 53.6 Å². The summed E-state index contributed by atoms with van der Waals surface area (Å²) in [6.45, 7) is 7.10. The van der Waals surface area contributed by atoms with Gasteiger partial charge in [-0.05, 0) is 58.2 Å². The molecule has 1 saturated carbocycles. The van der Waals surface area contributed by atoms with Crippen LogP contribution in [0.15, 0.2) is 120 Å². The average molecular weight is 839 g/mol. The third kappa shape index (κ3) is 7.83. The summed E-state index contributed by atoms with van der Waals surface area (Å²) in [6, 6.07) is 40.3. The van der Waals surface area contributed by atoms with Gasteiger partial charge in [0.1, 0.15) is 11.4 Å². The molecule has 0 amide bonds. The summed E-state index contributed by atoms with van der Waals surface area (Å²) < 4.78 is 20.0. The molecular weight excluding hydrogens is 800 g/mol. The van der Waals surface area contributed by atoms with Crippen molar-refractivity contribution in [3.63, 3.8) is 0 Å². The predicted octanol–water partition coefficient (Wildman–Crippen LogP) is 11.1. The molecule has 0 saturated heterocycles. The Kier molecular flexibility index (Phi) is 10.7. The van der Waals surface area contributed by atoms with Crippen LogP contribution in [0.5, 0.6) is 0 Å². The number of furan rings is 1. The zero-order valence-corrected chi connectivity index (χ0v) is 31.5. The number of hydrogen-bond donors (Lipinski definition) is 0. The zero-order chi connectivity index (χ0) is 33.1. The molecule has 1 fully saturated rings. The minimum Gasteiger partial charge on any atom is -0.500 e. The number of hydrogen-bond acceptors (Lipinski definition) is 3. The van der Waals surface area contributed by atoms with Crippen LogP contribution < -0.4 is 5.19 Å². The van der Waals surface area contributed by atoms with Crippen molar-refractivity contribution in [1.29, 1.82) is 0 Å². The number of aromatic nitrogens is 2. The third-order valence-corrected chi connectivity index (χ3v) is 11.3. The predicted molar refractivity (Wildman–Crippen MR) is 198 cm³/mol. The monoisotopic (exact) mass is 839 g/mol. The molecule has 3 nitrogen and oxygen atoms in total. The normalized spacial score (nSPS) is 13.2. The molecule has 4 aromatic carbocycles. The zero-order valence-electron chi connectivity index (χ0n) is 28.1. The Morgan fingerprint density at radius 1 is 0.796 bits per heavy atom. The second-order valence-electron chi connectivity index (χ2n) is 13.8. The van der Waals surface area contributed by atoms with E-state index < -0.39 is 8.07 Å². The summed E-state index contributed by atoms with van der Waals surface area (Å²) >= 11 is 0. The number of pyridine rings is 2. The molecule has 8 rings (SSSR count). The number of rotatable bonds is 6. The van der Waals surface area contributed by atoms with E-state index in [0.717, 1.165) is 40.2 Å². The van der Waals surface area contributed by atoms with E-state index in [4.69, 9.17) is 9.40 Å². The van der Waals surface area contributed by atoms with E-state index in [9.17, 15) is 4.39 Å². The Labute approximate surface area is 303 Å². The molecular formula is C43H39FIrN2OSi-2. The molecule has 1 radical (unpaired) electrons. The number of fused-ring (bicyclic) bond motifs is 3. The first-order valence-corrected chi connectivity index (χ1v) is 20.3. The van der Waals surface area contributed by atoms with Gasteiger partial charge in [-0.2, -0.15) is 0 Å². The topological polar surface area (TPSA) is 38.9 Å². The first-order chi connectivity index (χ1) is 23.3. The maximum absolute atomic E-state index is 14.3. The SMILES string of the molecule is C[Si](C)(C)c1cnc(-c2[c-]cccc2)cc1-c1ccccc1.Fc1cccc2oc3c[c-]c(-c4cc(CC5CCCC5)ccn4)cc3c12.[Ir]. The van der Waals surface area contributed by atoms with Gasteiger partial charge in [-0.1, -0.05) is 105 Å². The van der Waals surface area contributed by atoms with Crippen molar-refractivity contribution < 1.29 is 28.9 Å². The van der Waals surface area contributed by atoms with Gasteiger partial charge >= 0.3 is 0 Å². The fraction of sp³-hybridized carbons (Fsp3) is 0.209. The molecule has 1 aliphatic carbocycles. The molecule has 1 aliphatic rings. The maximum Gasteiger partial charge on any atom is 0.133 e. The van der Waals surface area contributed by atoms with Crippen LogP contribution >= 0.6 is 0 Å². The standard InChI is InChI=1S/C23H19FNO.C20H20NSi.Ir/c24-19-6-3-7-22-23(19)18-14-17(8-9-21(18)26-22)20-13-16(10-11-25-20)12-15-4-1-2-5-15;1-22(2,3)20-15-21-19(17-12-8-5-9-13-17)14-18(20)16-10-6-4-7-11-16;/h3,6-7,9-11,13-15H,1-2,4-5,12H2;4-12,14-15H,1-3H3;/q2*-1;. The van der Waals surface area contributed by atoms with Gasteiger partial charge < -0.3 is 14.4 Å². The van der Waals surface area contributed by atoms with Crippen molar-refractivity contribution in [2.45, 2.75) is 51.7 Å². The van der Waals surface area contributed by atoms with Crippen molar-refractivity contribution in [2.24, 2.45) is 5.92 Å². The number of nitrogens with zero attached hydrogens (tertiary/aromatic N) is 2. The largest absolute Gasteiger partial charge is 0.500 e. The summed E-state index contributed by atoms with van der Waals surface area (Å²) in [5.41, 5.74) is 8.89. The summed E-state index contributed by atoms with van der Waals surface area (Å²) in [4.78, 5) is 9.23. The Balaban J connectivity index is 0.000000169. The van der Waals surface area contributed by atoms with E-state index in [2.05, 4.69) is 97.6 Å². The second-order valence-corrected chi connectivity index (χ2v) is 18.8. The van der Waals surface area contributed by atoms with Gasteiger partial charge in [-0.3, -0.25) is 0 Å². The fourth-order valence-electron chi connectivity index (χ4n) is 6.78. The minimum absolute atomic E-state index is 0. The molecule has 249 valence electrons. The van der Waals surface area contributed by atoms with Crippen LogP contribution in [0.1, 0.15) is 31.2 Å². The Hall–Kier alpha value is -4.22. The van der Waals surface area contributed by atoms with Gasteiger partial charge in [0, 0.05) is 37.9 Å². The van der Waals surface area contributed by atoms with E-state index in [1.807, 2.05) is 30.5 Å². The summed E-state index contributed by atoms with van der Waals surface area (Å²) in [5, 5.41) is 2.70. The van der Waals surface area contributed by atoms with Crippen LogP contribution in [0.2, 0.25) is 19.6 Å². The molecule has 0 unspecified atom stereocenters. The van der Waals surface area contributed by atoms with Crippen LogP contribution in [0.3, 0.4) is 0 Å². The molecule has 0 bridgehead atoms. The molecule has 0 atom stereocenters. The van der Waals surface area contributed by atoms with Crippen molar-refractivity contribution >= 4 is 35.2 Å². The van der Waals surface area contributed by atoms with Crippen molar-refractivity contribution in [1.82, 2.24) is 9.97 Å². The van der Waals surface area contributed by atoms with Crippen molar-refractivity contribution in [3.8, 4) is 33.6 Å². The Morgan fingerprint density at radius 3 is 2.33 bits per heavy atom. The van der Waals surface area contributed by atoms with Gasteiger partial charge in [0.25, 0.3) is 0 Å². The van der Waals surface area contributed by atoms with Gasteiger partial charge in [0.2, 0.25) is 0 Å². The Morgan fingerprint density at radius 2 is 1.57 bits per heavy atom. The summed E-state index contributed by atoms with van der Waals surface area (Å²) in [7, 11) is -1.46. The minimum atomic E-state index is -1.46. The molecule has 3 heterocycles. The van der Waals surface area contributed by atoms with E-state index in [0.29, 0.717) is 16.6 Å². The molecule has 0 N–H and O–H groups in total. The van der Waals surface area contributed by atoms with E-state index >= 15 is 0 Å². The average Bonchev–Trinajstić information content (AvgIpc) is 3.77. The first-order valence-electron chi connectivity index (χ1n) is 16.8. The summed E-state index contributed by atoms with van der Waals surface area (Å²) in [5.74, 6) is 0.532. The number of benzene rings is 4. The molecule has 7 aromatic rings. The van der Waals surface area contributed by atoms with Crippen molar-refractivity contribution in [3.05, 3.63) is 139 Å². The first kappa shape index (κ1) is 34.6. The van der Waals surface area contributed by atoms with Gasteiger partial charge in [-0.15, -0.1) is 59.7 Å². The molecule has 0 aliphatic heterocycles. The van der Waals surface area contributed by atoms with E-state index in [1.54, 1.807) is 18.2 Å². The van der Waals surface area contributed by atoms with Crippen LogP contribution in [-0.2, 0) is 26.5 Å². The Bertz CT molecular complexity index is 2170. The quantitative estimate of drug-likeness (QED) is 0.124. The smallest absolute Gasteiger partial charge is 0.133 e.